The monoisotopic (exact) mass is 444 g/mol. The fraction of sp³-hybridized carbons (Fsp3) is 0.565. The van der Waals surface area contributed by atoms with Gasteiger partial charge >= 0.3 is 6.03 Å². The second-order valence-corrected chi connectivity index (χ2v) is 10.8. The van der Waals surface area contributed by atoms with Gasteiger partial charge in [0.1, 0.15) is 0 Å². The van der Waals surface area contributed by atoms with Gasteiger partial charge in [0, 0.05) is 41.7 Å². The summed E-state index contributed by atoms with van der Waals surface area (Å²) in [4.78, 5) is 17.2. The Labute approximate surface area is 184 Å². The van der Waals surface area contributed by atoms with Crippen molar-refractivity contribution in [1.29, 1.82) is 0 Å². The van der Waals surface area contributed by atoms with Crippen LogP contribution in [0, 0.1) is 5.92 Å². The van der Waals surface area contributed by atoms with Crippen molar-refractivity contribution in [2.24, 2.45) is 5.92 Å². The minimum Gasteiger partial charge on any atom is -0.338 e. The van der Waals surface area contributed by atoms with E-state index in [1.165, 1.54) is 0 Å². The second-order valence-electron chi connectivity index (χ2n) is 9.07. The SMILES string of the molecule is CCNC(=O)NC1CCCc2c1cc(S(=O)(=O)NCC(C)C)c1cc(C3CC3)ncc21. The van der Waals surface area contributed by atoms with Crippen LogP contribution in [0.3, 0.4) is 0 Å². The van der Waals surface area contributed by atoms with Crippen molar-refractivity contribution in [2.75, 3.05) is 13.1 Å². The number of aromatic nitrogens is 1. The van der Waals surface area contributed by atoms with E-state index in [4.69, 9.17) is 0 Å². The van der Waals surface area contributed by atoms with Crippen LogP contribution in [0.25, 0.3) is 10.8 Å². The topological polar surface area (TPSA) is 100 Å². The summed E-state index contributed by atoms with van der Waals surface area (Å²) in [5.74, 6) is 0.640. The zero-order valence-corrected chi connectivity index (χ0v) is 19.3. The van der Waals surface area contributed by atoms with E-state index in [9.17, 15) is 13.2 Å². The van der Waals surface area contributed by atoms with E-state index < -0.39 is 10.0 Å². The van der Waals surface area contributed by atoms with E-state index in [0.29, 0.717) is 19.0 Å². The molecule has 1 aromatic carbocycles. The van der Waals surface area contributed by atoms with Gasteiger partial charge in [-0.05, 0) is 68.2 Å². The highest BCUT2D eigenvalue weighted by Crippen LogP contribution is 2.42. The predicted octanol–water partition coefficient (Wildman–Crippen LogP) is 3.74. The number of rotatable bonds is 7. The highest BCUT2D eigenvalue weighted by Gasteiger charge is 2.30. The molecule has 2 aliphatic carbocycles. The van der Waals surface area contributed by atoms with E-state index in [0.717, 1.165) is 59.7 Å². The third-order valence-corrected chi connectivity index (χ3v) is 7.52. The lowest BCUT2D eigenvalue weighted by atomic mass is 9.84. The van der Waals surface area contributed by atoms with Gasteiger partial charge in [0.2, 0.25) is 10.0 Å². The fourth-order valence-corrected chi connectivity index (χ4v) is 5.75. The molecule has 3 N–H and O–H groups in total. The average molecular weight is 445 g/mol. The minimum atomic E-state index is -3.71. The number of nitrogens with zero attached hydrogens (tertiary/aromatic N) is 1. The van der Waals surface area contributed by atoms with E-state index in [1.54, 1.807) is 6.07 Å². The molecule has 7 nitrogen and oxygen atoms in total. The number of nitrogens with one attached hydrogen (secondary N) is 3. The molecule has 168 valence electrons. The molecule has 4 rings (SSSR count). The third kappa shape index (κ3) is 4.70. The lowest BCUT2D eigenvalue weighted by Crippen LogP contribution is -2.39. The summed E-state index contributed by atoms with van der Waals surface area (Å²) in [6.07, 6.45) is 6.62. The van der Waals surface area contributed by atoms with Gasteiger partial charge in [0.25, 0.3) is 0 Å². The van der Waals surface area contributed by atoms with Crippen LogP contribution in [0.2, 0.25) is 0 Å². The molecule has 1 atom stereocenters. The number of aryl methyl sites for hydroxylation is 1. The minimum absolute atomic E-state index is 0.203. The maximum absolute atomic E-state index is 13.3. The molecule has 31 heavy (non-hydrogen) atoms. The normalized spacial score (nSPS) is 18.8. The molecule has 2 amide bonds. The van der Waals surface area contributed by atoms with E-state index >= 15 is 0 Å². The number of pyridine rings is 1. The lowest BCUT2D eigenvalue weighted by Gasteiger charge is -2.29. The Morgan fingerprint density at radius 1 is 1.19 bits per heavy atom. The van der Waals surface area contributed by atoms with Gasteiger partial charge in [-0.1, -0.05) is 13.8 Å². The van der Waals surface area contributed by atoms with E-state index in [2.05, 4.69) is 20.3 Å². The zero-order chi connectivity index (χ0) is 22.2. The summed E-state index contributed by atoms with van der Waals surface area (Å²) >= 11 is 0. The fourth-order valence-electron chi connectivity index (χ4n) is 4.30. The van der Waals surface area contributed by atoms with Crippen molar-refractivity contribution in [3.8, 4) is 0 Å². The van der Waals surface area contributed by atoms with Crippen LogP contribution < -0.4 is 15.4 Å². The predicted molar refractivity (Wildman–Crippen MR) is 122 cm³/mol. The maximum atomic E-state index is 13.3. The molecule has 1 saturated carbocycles. The van der Waals surface area contributed by atoms with Crippen molar-refractivity contribution >= 4 is 26.8 Å². The highest BCUT2D eigenvalue weighted by atomic mass is 32.2. The molecule has 2 aliphatic rings. The molecule has 1 fully saturated rings. The molecule has 0 spiro atoms. The van der Waals surface area contributed by atoms with Crippen molar-refractivity contribution in [3.63, 3.8) is 0 Å². The van der Waals surface area contributed by atoms with Crippen LogP contribution in [0.4, 0.5) is 4.79 Å². The van der Waals surface area contributed by atoms with Gasteiger partial charge in [-0.2, -0.15) is 0 Å². The molecule has 2 aromatic rings. The van der Waals surface area contributed by atoms with Crippen LogP contribution in [-0.4, -0.2) is 32.5 Å². The number of hydrogen-bond acceptors (Lipinski definition) is 4. The van der Waals surface area contributed by atoms with Crippen LogP contribution in [-0.2, 0) is 16.4 Å². The van der Waals surface area contributed by atoms with Crippen molar-refractivity contribution in [1.82, 2.24) is 20.3 Å². The summed E-state index contributed by atoms with van der Waals surface area (Å²) in [5, 5.41) is 7.42. The molecule has 0 bridgehead atoms. The first-order chi connectivity index (χ1) is 14.8. The third-order valence-electron chi connectivity index (χ3n) is 6.06. The summed E-state index contributed by atoms with van der Waals surface area (Å²) in [6, 6.07) is 3.30. The van der Waals surface area contributed by atoms with Gasteiger partial charge < -0.3 is 10.6 Å². The second kappa shape index (κ2) is 8.74. The van der Waals surface area contributed by atoms with Gasteiger partial charge in [0.15, 0.2) is 0 Å². The number of carbonyl (C=O) groups excluding carboxylic acids is 1. The molecular formula is C23H32N4O3S. The zero-order valence-electron chi connectivity index (χ0n) is 18.5. The molecule has 8 heteroatoms. The Bertz CT molecular complexity index is 1090. The number of amides is 2. The van der Waals surface area contributed by atoms with Crippen molar-refractivity contribution in [3.05, 3.63) is 35.2 Å². The summed E-state index contributed by atoms with van der Waals surface area (Å²) in [7, 11) is -3.71. The van der Waals surface area contributed by atoms with Crippen LogP contribution in [0.5, 0.6) is 0 Å². The van der Waals surface area contributed by atoms with Gasteiger partial charge in [-0.15, -0.1) is 0 Å². The summed E-state index contributed by atoms with van der Waals surface area (Å²) < 4.78 is 29.4. The standard InChI is InChI=1S/C23H32N4O3S/c1-4-24-23(28)27-20-7-5-6-16-17(20)11-22(31(29,30)26-12-14(2)3)18-10-21(15-8-9-15)25-13-19(16)18/h10-11,13-15,20,26H,4-9,12H2,1-3H3,(H2,24,27,28). The Morgan fingerprint density at radius 3 is 2.65 bits per heavy atom. The quantitative estimate of drug-likeness (QED) is 0.606. The lowest BCUT2D eigenvalue weighted by molar-refractivity contribution is 0.236. The largest absolute Gasteiger partial charge is 0.338 e. The first-order valence-corrected chi connectivity index (χ1v) is 12.8. The number of benzene rings is 1. The number of urea groups is 1. The average Bonchev–Trinajstić information content (AvgIpc) is 3.57. The van der Waals surface area contributed by atoms with Gasteiger partial charge in [-0.25, -0.2) is 17.9 Å². The number of hydrogen-bond donors (Lipinski definition) is 3. The first kappa shape index (κ1) is 22.0. The van der Waals surface area contributed by atoms with Crippen molar-refractivity contribution in [2.45, 2.75) is 69.7 Å². The van der Waals surface area contributed by atoms with Gasteiger partial charge in [-0.3, -0.25) is 4.98 Å². The summed E-state index contributed by atoms with van der Waals surface area (Å²) in [6.45, 7) is 6.75. The summed E-state index contributed by atoms with van der Waals surface area (Å²) in [5.41, 5.74) is 2.96. The highest BCUT2D eigenvalue weighted by molar-refractivity contribution is 7.89. The molecule has 0 radical (unpaired) electrons. The Kier molecular flexibility index (Phi) is 6.21. The molecule has 1 heterocycles. The van der Waals surface area contributed by atoms with Crippen molar-refractivity contribution < 1.29 is 13.2 Å². The Morgan fingerprint density at radius 2 is 1.97 bits per heavy atom. The van der Waals surface area contributed by atoms with Crippen LogP contribution >= 0.6 is 0 Å². The Hall–Kier alpha value is -2.19. The van der Waals surface area contributed by atoms with Crippen LogP contribution in [0.1, 0.15) is 75.2 Å². The smallest absolute Gasteiger partial charge is 0.315 e. The number of fused-ring (bicyclic) bond motifs is 3. The van der Waals surface area contributed by atoms with E-state index in [-0.39, 0.29) is 22.9 Å². The number of sulfonamides is 1. The first-order valence-electron chi connectivity index (χ1n) is 11.3. The molecular weight excluding hydrogens is 412 g/mol. The molecule has 0 saturated heterocycles. The molecule has 1 aromatic heterocycles. The maximum Gasteiger partial charge on any atom is 0.315 e. The van der Waals surface area contributed by atoms with E-state index in [1.807, 2.05) is 33.0 Å². The molecule has 1 unspecified atom stereocenters. The molecule has 0 aliphatic heterocycles. The van der Waals surface area contributed by atoms with Gasteiger partial charge in [0.05, 0.1) is 10.9 Å². The van der Waals surface area contributed by atoms with Crippen LogP contribution in [0.15, 0.2) is 23.2 Å². The Balaban J connectivity index is 1.85. The number of carbonyl (C=O) groups is 1.